The van der Waals surface area contributed by atoms with Crippen molar-refractivity contribution in [3.8, 4) is 0 Å². The van der Waals surface area contributed by atoms with Crippen molar-refractivity contribution in [3.63, 3.8) is 0 Å². The van der Waals surface area contributed by atoms with Crippen molar-refractivity contribution in [2.75, 3.05) is 6.54 Å². The van der Waals surface area contributed by atoms with Crippen LogP contribution in [-0.2, 0) is 22.6 Å². The number of amides is 2. The highest BCUT2D eigenvalue weighted by Crippen LogP contribution is 2.16. The Morgan fingerprint density at radius 2 is 1.68 bits per heavy atom. The quantitative estimate of drug-likeness (QED) is 0.714. The summed E-state index contributed by atoms with van der Waals surface area (Å²) in [4.78, 5) is 27.4. The highest BCUT2D eigenvalue weighted by atomic mass is 35.5. The van der Waals surface area contributed by atoms with Crippen LogP contribution in [0.2, 0.25) is 5.02 Å². The average molecular weight is 401 g/mol. The van der Waals surface area contributed by atoms with Gasteiger partial charge < -0.3 is 10.2 Å². The fourth-order valence-corrected chi connectivity index (χ4v) is 3.01. The summed E-state index contributed by atoms with van der Waals surface area (Å²) in [6.45, 7) is 8.87. The first kappa shape index (κ1) is 22.0. The van der Waals surface area contributed by atoms with Gasteiger partial charge in [0.05, 0.1) is 6.42 Å². The van der Waals surface area contributed by atoms with Gasteiger partial charge in [-0.15, -0.1) is 0 Å². The number of hydrogen-bond acceptors (Lipinski definition) is 2. The maximum atomic E-state index is 13.1. The first-order valence-electron chi connectivity index (χ1n) is 9.64. The number of rotatable bonds is 8. The molecule has 0 bridgehead atoms. The van der Waals surface area contributed by atoms with Crippen LogP contribution in [-0.4, -0.2) is 29.3 Å². The third kappa shape index (κ3) is 6.38. The van der Waals surface area contributed by atoms with E-state index in [1.165, 1.54) is 0 Å². The summed E-state index contributed by atoms with van der Waals surface area (Å²) in [6, 6.07) is 14.6. The highest BCUT2D eigenvalue weighted by molar-refractivity contribution is 6.30. The topological polar surface area (TPSA) is 49.4 Å². The lowest BCUT2D eigenvalue weighted by Gasteiger charge is -2.29. The van der Waals surface area contributed by atoms with Gasteiger partial charge in [0.25, 0.3) is 0 Å². The Hall–Kier alpha value is -2.33. The minimum Gasteiger partial charge on any atom is -0.354 e. The lowest BCUT2D eigenvalue weighted by atomic mass is 10.1. The molecule has 5 heteroatoms. The molecule has 0 aliphatic heterocycles. The molecule has 0 saturated heterocycles. The number of carbonyl (C=O) groups excluding carboxylic acids is 2. The van der Waals surface area contributed by atoms with Gasteiger partial charge in [0, 0.05) is 18.1 Å². The number of nitrogens with zero attached hydrogens (tertiary/aromatic N) is 1. The smallest absolute Gasteiger partial charge is 0.242 e. The molecule has 1 unspecified atom stereocenters. The van der Waals surface area contributed by atoms with Crippen LogP contribution in [0.4, 0.5) is 0 Å². The van der Waals surface area contributed by atoms with Crippen LogP contribution < -0.4 is 5.32 Å². The molecule has 2 aromatic rings. The third-order valence-corrected chi connectivity index (χ3v) is 4.97. The van der Waals surface area contributed by atoms with Crippen molar-refractivity contribution in [2.45, 2.75) is 46.7 Å². The Kier molecular flexibility index (Phi) is 8.06. The number of halogens is 1. The van der Waals surface area contributed by atoms with E-state index in [1.54, 1.807) is 24.0 Å². The summed E-state index contributed by atoms with van der Waals surface area (Å²) in [5.41, 5.74) is 3.01. The minimum atomic E-state index is -0.557. The second kappa shape index (κ2) is 10.3. The molecular formula is C23H29ClN2O2. The van der Waals surface area contributed by atoms with E-state index >= 15 is 0 Å². The fraction of sp³-hybridized carbons (Fsp3) is 0.391. The zero-order valence-electron chi connectivity index (χ0n) is 17.0. The van der Waals surface area contributed by atoms with Crippen molar-refractivity contribution in [1.29, 1.82) is 0 Å². The fourth-order valence-electron chi connectivity index (χ4n) is 2.88. The Morgan fingerprint density at radius 3 is 2.29 bits per heavy atom. The van der Waals surface area contributed by atoms with Gasteiger partial charge in [-0.05, 0) is 48.6 Å². The molecule has 2 rings (SSSR count). The van der Waals surface area contributed by atoms with Crippen LogP contribution in [0, 0.1) is 12.8 Å². The van der Waals surface area contributed by atoms with Gasteiger partial charge in [0.1, 0.15) is 6.04 Å². The number of nitrogens with one attached hydrogen (secondary N) is 1. The van der Waals surface area contributed by atoms with Gasteiger partial charge in [0.2, 0.25) is 11.8 Å². The predicted octanol–water partition coefficient (Wildman–Crippen LogP) is 4.38. The molecule has 2 aromatic carbocycles. The lowest BCUT2D eigenvalue weighted by Crippen LogP contribution is -2.48. The Morgan fingerprint density at radius 1 is 1.04 bits per heavy atom. The van der Waals surface area contributed by atoms with Crippen molar-refractivity contribution in [1.82, 2.24) is 10.2 Å². The molecule has 0 aromatic heterocycles. The molecule has 0 aliphatic rings. The molecule has 1 N–H and O–H groups in total. The van der Waals surface area contributed by atoms with Crippen molar-refractivity contribution >= 4 is 23.4 Å². The van der Waals surface area contributed by atoms with E-state index in [2.05, 4.69) is 5.32 Å². The Bertz CT molecular complexity index is 803. The average Bonchev–Trinajstić information content (AvgIpc) is 2.66. The molecule has 0 fully saturated rings. The monoisotopic (exact) mass is 400 g/mol. The molecule has 4 nitrogen and oxygen atoms in total. The van der Waals surface area contributed by atoms with Gasteiger partial charge in [-0.25, -0.2) is 0 Å². The molecule has 150 valence electrons. The van der Waals surface area contributed by atoms with Crippen LogP contribution >= 0.6 is 11.6 Å². The van der Waals surface area contributed by atoms with E-state index in [-0.39, 0.29) is 18.2 Å². The van der Waals surface area contributed by atoms with E-state index in [0.29, 0.717) is 24.0 Å². The summed E-state index contributed by atoms with van der Waals surface area (Å²) < 4.78 is 0. The van der Waals surface area contributed by atoms with E-state index in [1.807, 2.05) is 57.2 Å². The third-order valence-electron chi connectivity index (χ3n) is 4.72. The molecular weight excluding hydrogens is 372 g/mol. The molecule has 1 atom stereocenters. The van der Waals surface area contributed by atoms with Crippen LogP contribution in [0.5, 0.6) is 0 Å². The Balaban J connectivity index is 2.21. The number of hydrogen-bond donors (Lipinski definition) is 1. The molecule has 0 saturated carbocycles. The molecule has 28 heavy (non-hydrogen) atoms. The molecule has 0 aliphatic carbocycles. The van der Waals surface area contributed by atoms with E-state index < -0.39 is 6.04 Å². The molecule has 0 spiro atoms. The summed E-state index contributed by atoms with van der Waals surface area (Å²) in [6.07, 6.45) is 0.227. The molecule has 0 heterocycles. The predicted molar refractivity (Wildman–Crippen MR) is 114 cm³/mol. The van der Waals surface area contributed by atoms with Crippen LogP contribution in [0.3, 0.4) is 0 Å². The normalized spacial score (nSPS) is 11.9. The van der Waals surface area contributed by atoms with Crippen molar-refractivity contribution in [2.24, 2.45) is 5.92 Å². The number of aryl methyl sites for hydroxylation is 1. The van der Waals surface area contributed by atoms with Gasteiger partial charge in [-0.2, -0.15) is 0 Å². The van der Waals surface area contributed by atoms with Crippen LogP contribution in [0.25, 0.3) is 0 Å². The van der Waals surface area contributed by atoms with E-state index in [9.17, 15) is 9.59 Å². The maximum Gasteiger partial charge on any atom is 0.242 e. The first-order valence-corrected chi connectivity index (χ1v) is 10.0. The van der Waals surface area contributed by atoms with Gasteiger partial charge in [-0.3, -0.25) is 9.59 Å². The largest absolute Gasteiger partial charge is 0.354 e. The summed E-state index contributed by atoms with van der Waals surface area (Å²) in [7, 11) is 0. The summed E-state index contributed by atoms with van der Waals surface area (Å²) >= 11 is 5.94. The van der Waals surface area contributed by atoms with Gasteiger partial charge >= 0.3 is 0 Å². The van der Waals surface area contributed by atoms with Crippen LogP contribution in [0.15, 0.2) is 48.5 Å². The summed E-state index contributed by atoms with van der Waals surface area (Å²) in [5, 5.41) is 3.57. The van der Waals surface area contributed by atoms with Crippen molar-refractivity contribution in [3.05, 3.63) is 70.2 Å². The second-order valence-electron chi connectivity index (χ2n) is 7.57. The lowest BCUT2D eigenvalue weighted by molar-refractivity contribution is -0.140. The van der Waals surface area contributed by atoms with Crippen LogP contribution in [0.1, 0.15) is 37.5 Å². The SMILES string of the molecule is Cc1ccccc1CN(C(=O)Cc1ccc(Cl)cc1)C(C)C(=O)NCC(C)C. The van der Waals surface area contributed by atoms with E-state index in [4.69, 9.17) is 11.6 Å². The standard InChI is InChI=1S/C23H29ClN2O2/c1-16(2)14-25-23(28)18(4)26(15-20-8-6-5-7-17(20)3)22(27)13-19-9-11-21(24)12-10-19/h5-12,16,18H,13-15H2,1-4H3,(H,25,28). The molecule has 2 amide bonds. The Labute approximate surface area is 172 Å². The molecule has 0 radical (unpaired) electrons. The second-order valence-corrected chi connectivity index (χ2v) is 8.00. The van der Waals surface area contributed by atoms with Gasteiger partial charge in [-0.1, -0.05) is 61.8 Å². The maximum absolute atomic E-state index is 13.1. The number of carbonyl (C=O) groups is 2. The minimum absolute atomic E-state index is 0.0854. The van der Waals surface area contributed by atoms with E-state index in [0.717, 1.165) is 16.7 Å². The zero-order chi connectivity index (χ0) is 20.7. The zero-order valence-corrected chi connectivity index (χ0v) is 17.8. The first-order chi connectivity index (χ1) is 13.3. The van der Waals surface area contributed by atoms with Gasteiger partial charge in [0.15, 0.2) is 0 Å². The summed E-state index contributed by atoms with van der Waals surface area (Å²) in [5.74, 6) is 0.134. The highest BCUT2D eigenvalue weighted by Gasteiger charge is 2.26. The number of benzene rings is 2. The van der Waals surface area contributed by atoms with Crippen molar-refractivity contribution < 1.29 is 9.59 Å².